The fourth-order valence-corrected chi connectivity index (χ4v) is 4.32. The third kappa shape index (κ3) is 5.68. The standard InChI is InChI=1S/C25H29ClN4O2/c26-20-12-10-19(11-13-20)17-24(31)27-14-6-9-23-28-21-7-2-3-8-22(21)30(23)18-25(32)29-15-4-1-5-16-29/h2-3,7-8,10-13H,1,4-6,9,14-18H2,(H,27,31). The molecule has 1 aliphatic rings. The Bertz CT molecular complexity index is 1070. The third-order valence-electron chi connectivity index (χ3n) is 5.91. The topological polar surface area (TPSA) is 67.2 Å². The molecule has 2 aromatic carbocycles. The molecule has 1 aromatic heterocycles. The van der Waals surface area contributed by atoms with Crippen molar-refractivity contribution < 1.29 is 9.59 Å². The van der Waals surface area contributed by atoms with Gasteiger partial charge in [0.1, 0.15) is 12.4 Å². The highest BCUT2D eigenvalue weighted by Crippen LogP contribution is 2.18. The van der Waals surface area contributed by atoms with Gasteiger partial charge in [0.15, 0.2) is 0 Å². The van der Waals surface area contributed by atoms with Gasteiger partial charge in [-0.15, -0.1) is 0 Å². The number of halogens is 1. The van der Waals surface area contributed by atoms with Crippen LogP contribution in [0.1, 0.15) is 37.1 Å². The van der Waals surface area contributed by atoms with Crippen molar-refractivity contribution >= 4 is 34.4 Å². The Balaban J connectivity index is 1.35. The van der Waals surface area contributed by atoms with E-state index in [0.29, 0.717) is 31.0 Å². The van der Waals surface area contributed by atoms with Crippen molar-refractivity contribution in [3.05, 3.63) is 64.9 Å². The highest BCUT2D eigenvalue weighted by Gasteiger charge is 2.19. The Morgan fingerprint density at radius 3 is 2.53 bits per heavy atom. The number of piperidine rings is 1. The summed E-state index contributed by atoms with van der Waals surface area (Å²) in [7, 11) is 0. The van der Waals surface area contributed by atoms with Crippen molar-refractivity contribution in [2.75, 3.05) is 19.6 Å². The van der Waals surface area contributed by atoms with Crippen LogP contribution in [0.4, 0.5) is 0 Å². The lowest BCUT2D eigenvalue weighted by molar-refractivity contribution is -0.132. The molecule has 1 N–H and O–H groups in total. The Labute approximate surface area is 193 Å². The predicted molar refractivity (Wildman–Crippen MR) is 127 cm³/mol. The normalized spacial score (nSPS) is 14.0. The monoisotopic (exact) mass is 452 g/mol. The summed E-state index contributed by atoms with van der Waals surface area (Å²) >= 11 is 5.89. The van der Waals surface area contributed by atoms with E-state index in [1.165, 1.54) is 6.42 Å². The first-order valence-electron chi connectivity index (χ1n) is 11.3. The molecule has 0 bridgehead atoms. The smallest absolute Gasteiger partial charge is 0.242 e. The average molecular weight is 453 g/mol. The molecule has 168 valence electrons. The van der Waals surface area contributed by atoms with E-state index in [-0.39, 0.29) is 11.8 Å². The number of amides is 2. The summed E-state index contributed by atoms with van der Waals surface area (Å²) in [4.78, 5) is 31.9. The highest BCUT2D eigenvalue weighted by molar-refractivity contribution is 6.30. The molecule has 1 saturated heterocycles. The van der Waals surface area contributed by atoms with Crippen LogP contribution in [0, 0.1) is 0 Å². The largest absolute Gasteiger partial charge is 0.356 e. The van der Waals surface area contributed by atoms with Crippen molar-refractivity contribution in [3.63, 3.8) is 0 Å². The fourth-order valence-electron chi connectivity index (χ4n) is 4.20. The fraction of sp³-hybridized carbons (Fsp3) is 0.400. The number of fused-ring (bicyclic) bond motifs is 1. The van der Waals surface area contributed by atoms with Crippen LogP contribution in [-0.4, -0.2) is 45.9 Å². The molecule has 0 spiro atoms. The predicted octanol–water partition coefficient (Wildman–Crippen LogP) is 3.99. The first kappa shape index (κ1) is 22.3. The summed E-state index contributed by atoms with van der Waals surface area (Å²) in [6.07, 6.45) is 5.15. The van der Waals surface area contributed by atoms with E-state index in [1.807, 2.05) is 45.9 Å². The summed E-state index contributed by atoms with van der Waals surface area (Å²) in [5, 5.41) is 3.64. The zero-order chi connectivity index (χ0) is 22.3. The Kier molecular flexibility index (Phi) is 7.43. The van der Waals surface area contributed by atoms with E-state index in [2.05, 4.69) is 5.32 Å². The minimum Gasteiger partial charge on any atom is -0.356 e. The SMILES string of the molecule is O=C(Cc1ccc(Cl)cc1)NCCCc1nc2ccccc2n1CC(=O)N1CCCCC1. The number of hydrogen-bond acceptors (Lipinski definition) is 3. The van der Waals surface area contributed by atoms with E-state index in [0.717, 1.165) is 54.8 Å². The lowest BCUT2D eigenvalue weighted by atomic mass is 10.1. The van der Waals surface area contributed by atoms with Crippen LogP contribution >= 0.6 is 11.6 Å². The molecule has 2 heterocycles. The molecule has 1 aliphatic heterocycles. The van der Waals surface area contributed by atoms with Crippen LogP contribution < -0.4 is 5.32 Å². The number of aryl methyl sites for hydroxylation is 1. The number of likely N-dealkylation sites (tertiary alicyclic amines) is 1. The number of carbonyl (C=O) groups excluding carboxylic acids is 2. The lowest BCUT2D eigenvalue weighted by Gasteiger charge is -2.27. The van der Waals surface area contributed by atoms with E-state index >= 15 is 0 Å². The summed E-state index contributed by atoms with van der Waals surface area (Å²) in [5.41, 5.74) is 2.82. The van der Waals surface area contributed by atoms with Crippen LogP contribution in [0.25, 0.3) is 11.0 Å². The molecule has 0 radical (unpaired) electrons. The number of rotatable bonds is 8. The summed E-state index contributed by atoms with van der Waals surface area (Å²) < 4.78 is 2.04. The first-order chi connectivity index (χ1) is 15.6. The van der Waals surface area contributed by atoms with E-state index < -0.39 is 0 Å². The van der Waals surface area contributed by atoms with Crippen LogP contribution in [0.3, 0.4) is 0 Å². The molecule has 6 nitrogen and oxygen atoms in total. The summed E-state index contributed by atoms with van der Waals surface area (Å²) in [6.45, 7) is 2.58. The van der Waals surface area contributed by atoms with Crippen LogP contribution in [0.5, 0.6) is 0 Å². The molecular weight excluding hydrogens is 424 g/mol. The van der Waals surface area contributed by atoms with Gasteiger partial charge in [-0.05, 0) is 55.5 Å². The molecule has 0 saturated carbocycles. The second-order valence-electron chi connectivity index (χ2n) is 8.30. The minimum atomic E-state index is -0.0129. The maximum absolute atomic E-state index is 12.9. The van der Waals surface area contributed by atoms with Gasteiger partial charge in [-0.1, -0.05) is 35.9 Å². The maximum atomic E-state index is 12.9. The van der Waals surface area contributed by atoms with Crippen molar-refractivity contribution in [2.45, 2.75) is 45.1 Å². The van der Waals surface area contributed by atoms with Gasteiger partial charge in [0, 0.05) is 31.1 Å². The van der Waals surface area contributed by atoms with Crippen molar-refractivity contribution in [3.8, 4) is 0 Å². The number of imidazole rings is 1. The molecule has 4 rings (SSSR count). The molecule has 1 fully saturated rings. The van der Waals surface area contributed by atoms with Gasteiger partial charge < -0.3 is 14.8 Å². The van der Waals surface area contributed by atoms with Gasteiger partial charge in [-0.3, -0.25) is 9.59 Å². The summed E-state index contributed by atoms with van der Waals surface area (Å²) in [6, 6.07) is 15.3. The van der Waals surface area contributed by atoms with Gasteiger partial charge >= 0.3 is 0 Å². The molecule has 2 amide bonds. The summed E-state index contributed by atoms with van der Waals surface area (Å²) in [5.74, 6) is 1.04. The lowest BCUT2D eigenvalue weighted by Crippen LogP contribution is -2.38. The zero-order valence-electron chi connectivity index (χ0n) is 18.2. The van der Waals surface area contributed by atoms with E-state index in [1.54, 1.807) is 12.1 Å². The number of nitrogens with one attached hydrogen (secondary N) is 1. The van der Waals surface area contributed by atoms with Crippen molar-refractivity contribution in [1.82, 2.24) is 19.8 Å². The van der Waals surface area contributed by atoms with E-state index in [4.69, 9.17) is 16.6 Å². The van der Waals surface area contributed by atoms with Gasteiger partial charge in [0.2, 0.25) is 11.8 Å². The first-order valence-corrected chi connectivity index (χ1v) is 11.7. The Hall–Kier alpha value is -2.86. The van der Waals surface area contributed by atoms with Crippen molar-refractivity contribution in [2.24, 2.45) is 0 Å². The van der Waals surface area contributed by atoms with Gasteiger partial charge in [-0.25, -0.2) is 4.98 Å². The maximum Gasteiger partial charge on any atom is 0.242 e. The molecule has 3 aromatic rings. The Morgan fingerprint density at radius 2 is 1.75 bits per heavy atom. The van der Waals surface area contributed by atoms with Gasteiger partial charge in [-0.2, -0.15) is 0 Å². The van der Waals surface area contributed by atoms with E-state index in [9.17, 15) is 9.59 Å². The molecule has 32 heavy (non-hydrogen) atoms. The minimum absolute atomic E-state index is 0.0129. The molecule has 0 unspecified atom stereocenters. The second kappa shape index (κ2) is 10.6. The molecule has 0 aliphatic carbocycles. The zero-order valence-corrected chi connectivity index (χ0v) is 19.0. The van der Waals surface area contributed by atoms with Gasteiger partial charge in [0.05, 0.1) is 17.5 Å². The number of nitrogens with zero attached hydrogens (tertiary/aromatic N) is 3. The quantitative estimate of drug-likeness (QED) is 0.525. The number of carbonyl (C=O) groups is 2. The van der Waals surface area contributed by atoms with Crippen LogP contribution in [0.2, 0.25) is 5.02 Å². The Morgan fingerprint density at radius 1 is 1.00 bits per heavy atom. The third-order valence-corrected chi connectivity index (χ3v) is 6.16. The highest BCUT2D eigenvalue weighted by atomic mass is 35.5. The molecule has 7 heteroatoms. The average Bonchev–Trinajstić information content (AvgIpc) is 3.16. The number of para-hydroxylation sites is 2. The number of hydrogen-bond donors (Lipinski definition) is 1. The number of benzene rings is 2. The second-order valence-corrected chi connectivity index (χ2v) is 8.74. The van der Waals surface area contributed by atoms with Crippen LogP contribution in [-0.2, 0) is 29.0 Å². The van der Waals surface area contributed by atoms with Crippen LogP contribution in [0.15, 0.2) is 48.5 Å². The van der Waals surface area contributed by atoms with Crippen molar-refractivity contribution in [1.29, 1.82) is 0 Å². The molecular formula is C25H29ClN4O2. The van der Waals surface area contributed by atoms with Gasteiger partial charge in [0.25, 0.3) is 0 Å². The molecule has 0 atom stereocenters. The number of aromatic nitrogens is 2.